The van der Waals surface area contributed by atoms with E-state index >= 15 is 0 Å². The molecule has 30 heavy (non-hydrogen) atoms. The van der Waals surface area contributed by atoms with E-state index in [2.05, 4.69) is 33.6 Å². The molecular formula is C22H34FN5O2. The fraction of sp³-hybridized carbons (Fsp3) is 0.773. The number of methoxy groups -OCH3 is 1. The Bertz CT molecular complexity index is 732. The second-order valence-corrected chi connectivity index (χ2v) is 9.53. The van der Waals surface area contributed by atoms with Gasteiger partial charge in [0, 0.05) is 32.3 Å². The number of ether oxygens (including phenoxy) is 1. The third-order valence-corrected chi connectivity index (χ3v) is 7.48. The number of primary amides is 1. The molecule has 1 unspecified atom stereocenters. The molecule has 3 aliphatic rings. The normalized spacial score (nSPS) is 33.1. The predicted molar refractivity (Wildman–Crippen MR) is 112 cm³/mol. The molecule has 7 nitrogen and oxygen atoms in total. The van der Waals surface area contributed by atoms with Crippen molar-refractivity contribution in [1.82, 2.24) is 14.9 Å². The first-order valence-corrected chi connectivity index (χ1v) is 11.2. The van der Waals surface area contributed by atoms with E-state index in [0.717, 1.165) is 45.2 Å². The van der Waals surface area contributed by atoms with Gasteiger partial charge in [-0.1, -0.05) is 13.8 Å². The van der Waals surface area contributed by atoms with Gasteiger partial charge in [-0.25, -0.2) is 14.4 Å². The van der Waals surface area contributed by atoms with Gasteiger partial charge in [-0.2, -0.15) is 0 Å². The van der Waals surface area contributed by atoms with Gasteiger partial charge in [0.1, 0.15) is 0 Å². The number of carbonyl (C=O) groups is 1. The minimum Gasteiger partial charge on any atom is -0.379 e. The molecule has 4 heterocycles. The Kier molecular flexibility index (Phi) is 6.25. The second kappa shape index (κ2) is 8.75. The van der Waals surface area contributed by atoms with E-state index in [1.807, 2.05) is 0 Å². The first-order chi connectivity index (χ1) is 14.4. The number of anilines is 1. The molecule has 2 bridgehead atoms. The van der Waals surface area contributed by atoms with E-state index in [4.69, 9.17) is 10.5 Å². The van der Waals surface area contributed by atoms with Crippen molar-refractivity contribution in [1.29, 1.82) is 0 Å². The molecule has 166 valence electrons. The van der Waals surface area contributed by atoms with Crippen LogP contribution in [-0.4, -0.2) is 65.2 Å². The van der Waals surface area contributed by atoms with Gasteiger partial charge in [0.05, 0.1) is 24.5 Å². The smallest absolute Gasteiger partial charge is 0.235 e. The number of nitrogens with zero attached hydrogens (tertiary/aromatic N) is 4. The Morgan fingerprint density at radius 1 is 1.20 bits per heavy atom. The third-order valence-electron chi connectivity index (χ3n) is 7.48. The molecule has 3 fully saturated rings. The van der Waals surface area contributed by atoms with Gasteiger partial charge in [0.15, 0.2) is 5.82 Å². The van der Waals surface area contributed by atoms with E-state index in [0.29, 0.717) is 29.9 Å². The molecule has 3 saturated heterocycles. The van der Waals surface area contributed by atoms with Crippen LogP contribution in [0.2, 0.25) is 0 Å². The minimum absolute atomic E-state index is 0.0976. The molecule has 0 saturated carbocycles. The van der Waals surface area contributed by atoms with Crippen molar-refractivity contribution in [2.75, 3.05) is 25.1 Å². The topological polar surface area (TPSA) is 84.6 Å². The van der Waals surface area contributed by atoms with E-state index in [9.17, 15) is 9.18 Å². The molecule has 1 aromatic heterocycles. The number of aromatic nitrogens is 2. The van der Waals surface area contributed by atoms with Gasteiger partial charge in [0.2, 0.25) is 11.9 Å². The van der Waals surface area contributed by atoms with Crippen molar-refractivity contribution >= 4 is 11.9 Å². The molecule has 1 aromatic rings. The number of rotatable bonds is 6. The van der Waals surface area contributed by atoms with Crippen molar-refractivity contribution in [3.05, 3.63) is 18.2 Å². The molecule has 2 N–H and O–H groups in total. The molecule has 0 aromatic carbocycles. The minimum atomic E-state index is -0.421. The number of amides is 1. The average Bonchev–Trinajstić information content (AvgIpc) is 2.96. The van der Waals surface area contributed by atoms with Gasteiger partial charge in [-0.15, -0.1) is 0 Å². The second-order valence-electron chi connectivity index (χ2n) is 9.53. The average molecular weight is 420 g/mol. The maximum Gasteiger partial charge on any atom is 0.235 e. The quantitative estimate of drug-likeness (QED) is 0.761. The molecule has 4 rings (SSSR count). The summed E-state index contributed by atoms with van der Waals surface area (Å²) in [5, 5.41) is 0. The highest BCUT2D eigenvalue weighted by Crippen LogP contribution is 2.46. The summed E-state index contributed by atoms with van der Waals surface area (Å²) in [4.78, 5) is 25.0. The Balaban J connectivity index is 1.44. The number of hydrogen-bond acceptors (Lipinski definition) is 6. The first-order valence-electron chi connectivity index (χ1n) is 11.2. The zero-order valence-electron chi connectivity index (χ0n) is 18.2. The van der Waals surface area contributed by atoms with Crippen molar-refractivity contribution in [3.63, 3.8) is 0 Å². The van der Waals surface area contributed by atoms with Crippen LogP contribution in [0, 0.1) is 23.6 Å². The highest BCUT2D eigenvalue weighted by Gasteiger charge is 2.49. The number of piperidine rings is 2. The molecule has 0 aliphatic carbocycles. The Morgan fingerprint density at radius 3 is 2.37 bits per heavy atom. The summed E-state index contributed by atoms with van der Waals surface area (Å²) in [5.74, 6) is 1.24. The van der Waals surface area contributed by atoms with Crippen LogP contribution in [0.5, 0.6) is 0 Å². The van der Waals surface area contributed by atoms with Crippen LogP contribution in [-0.2, 0) is 9.53 Å². The van der Waals surface area contributed by atoms with E-state index in [-0.39, 0.29) is 24.0 Å². The van der Waals surface area contributed by atoms with Crippen LogP contribution in [0.3, 0.4) is 0 Å². The lowest BCUT2D eigenvalue weighted by Gasteiger charge is -2.48. The van der Waals surface area contributed by atoms with Gasteiger partial charge < -0.3 is 15.4 Å². The summed E-state index contributed by atoms with van der Waals surface area (Å²) in [5.41, 5.74) is 5.78. The van der Waals surface area contributed by atoms with Crippen molar-refractivity contribution < 1.29 is 13.9 Å². The van der Waals surface area contributed by atoms with E-state index < -0.39 is 5.82 Å². The van der Waals surface area contributed by atoms with Crippen LogP contribution >= 0.6 is 0 Å². The summed E-state index contributed by atoms with van der Waals surface area (Å²) >= 11 is 0. The Morgan fingerprint density at radius 2 is 1.83 bits per heavy atom. The van der Waals surface area contributed by atoms with Gasteiger partial charge in [-0.05, 0) is 49.9 Å². The summed E-state index contributed by atoms with van der Waals surface area (Å²) in [6, 6.07) is 0.702. The maximum atomic E-state index is 13.2. The van der Waals surface area contributed by atoms with E-state index in [1.165, 1.54) is 12.4 Å². The van der Waals surface area contributed by atoms with Crippen LogP contribution < -0.4 is 10.6 Å². The molecule has 0 radical (unpaired) electrons. The number of fused-ring (bicyclic) bond motifs is 2. The molecule has 6 atom stereocenters. The molecule has 1 amide bonds. The van der Waals surface area contributed by atoms with Crippen molar-refractivity contribution in [2.45, 2.75) is 70.2 Å². The standard InChI is InChI=1S/C22H34FN5O2/c1-13(2)20(21(24)29)28-16-4-5-17(28)9-14(8-16)18-6-7-27(12-19(18)30-3)22-25-10-15(23)11-26-22/h10-11,13-14,16-20H,4-9,12H2,1-3H3,(H2,24,29)/t14?,16-,17+,18-,19-,20-/m1/s1. The lowest BCUT2D eigenvalue weighted by molar-refractivity contribution is -0.128. The largest absolute Gasteiger partial charge is 0.379 e. The molecule has 0 spiro atoms. The Labute approximate surface area is 178 Å². The zero-order chi connectivity index (χ0) is 21.4. The highest BCUT2D eigenvalue weighted by molar-refractivity contribution is 5.80. The monoisotopic (exact) mass is 419 g/mol. The van der Waals surface area contributed by atoms with Crippen molar-refractivity contribution in [2.24, 2.45) is 23.5 Å². The number of halogens is 1. The molecule has 8 heteroatoms. The Hall–Kier alpha value is -1.80. The molecule has 3 aliphatic heterocycles. The fourth-order valence-electron chi connectivity index (χ4n) is 6.25. The van der Waals surface area contributed by atoms with Crippen LogP contribution in [0.15, 0.2) is 12.4 Å². The van der Waals surface area contributed by atoms with Gasteiger partial charge in [-0.3, -0.25) is 9.69 Å². The summed E-state index contributed by atoms with van der Waals surface area (Å²) in [7, 11) is 1.78. The predicted octanol–water partition coefficient (Wildman–Crippen LogP) is 2.21. The third kappa shape index (κ3) is 4.04. The highest BCUT2D eigenvalue weighted by atomic mass is 19.1. The summed E-state index contributed by atoms with van der Waals surface area (Å²) in [6.07, 6.45) is 8.04. The number of carbonyl (C=O) groups excluding carboxylic acids is 1. The SMILES string of the molecule is CO[C@@H]1CN(c2ncc(F)cn2)CC[C@@H]1C1C[C@H]2CC[C@@H](C1)N2[C@@H](C(N)=O)C(C)C. The maximum absolute atomic E-state index is 13.2. The number of hydrogen-bond donors (Lipinski definition) is 1. The zero-order valence-corrected chi connectivity index (χ0v) is 18.2. The lowest BCUT2D eigenvalue weighted by atomic mass is 9.74. The fourth-order valence-corrected chi connectivity index (χ4v) is 6.25. The van der Waals surface area contributed by atoms with Crippen molar-refractivity contribution in [3.8, 4) is 0 Å². The van der Waals surface area contributed by atoms with E-state index in [1.54, 1.807) is 7.11 Å². The first kappa shape index (κ1) is 21.4. The van der Waals surface area contributed by atoms with Crippen LogP contribution in [0.4, 0.5) is 10.3 Å². The van der Waals surface area contributed by atoms with Crippen LogP contribution in [0.1, 0.15) is 46.0 Å². The number of nitrogens with two attached hydrogens (primary N) is 1. The summed E-state index contributed by atoms with van der Waals surface area (Å²) < 4.78 is 19.1. The van der Waals surface area contributed by atoms with Gasteiger partial charge in [0.25, 0.3) is 0 Å². The lowest BCUT2D eigenvalue weighted by Crippen LogP contribution is -2.57. The summed E-state index contributed by atoms with van der Waals surface area (Å²) in [6.45, 7) is 5.75. The van der Waals surface area contributed by atoms with Gasteiger partial charge >= 0.3 is 0 Å². The molecular weight excluding hydrogens is 385 g/mol. The van der Waals surface area contributed by atoms with Crippen LogP contribution in [0.25, 0.3) is 0 Å².